The van der Waals surface area contributed by atoms with Crippen LogP contribution >= 0.6 is 23.8 Å². The smallest absolute Gasteiger partial charge is 0.270 e. The van der Waals surface area contributed by atoms with Crippen LogP contribution in [0, 0.1) is 6.92 Å². The van der Waals surface area contributed by atoms with Gasteiger partial charge in [-0.2, -0.15) is 0 Å². The molecular formula is C25H26ClN3O2S. The lowest BCUT2D eigenvalue weighted by Gasteiger charge is -2.45. The number of benzene rings is 2. The van der Waals surface area contributed by atoms with E-state index in [1.54, 1.807) is 30.3 Å². The summed E-state index contributed by atoms with van der Waals surface area (Å²) in [6.07, 6.45) is 2.69. The van der Waals surface area contributed by atoms with Crippen LogP contribution in [0.25, 0.3) is 6.08 Å². The second kappa shape index (κ2) is 8.01. The van der Waals surface area contributed by atoms with Crippen molar-refractivity contribution < 1.29 is 9.59 Å². The van der Waals surface area contributed by atoms with Crippen LogP contribution in [0.3, 0.4) is 0 Å². The van der Waals surface area contributed by atoms with E-state index in [1.807, 2.05) is 6.92 Å². The molecule has 1 N–H and O–H groups in total. The SMILES string of the molecule is Cc1cc2c(cc1/C=C1/C(=O)NC(=S)N(c3cccc(Cl)c3)C1=O)C(C)CC(C)(C)N2C. The van der Waals surface area contributed by atoms with E-state index in [4.69, 9.17) is 23.8 Å². The van der Waals surface area contributed by atoms with Gasteiger partial charge in [0.05, 0.1) is 5.69 Å². The second-order valence-corrected chi connectivity index (χ2v) is 10.0. The molecule has 0 saturated carbocycles. The van der Waals surface area contributed by atoms with Gasteiger partial charge in [-0.1, -0.05) is 24.6 Å². The first-order valence-corrected chi connectivity index (χ1v) is 11.3. The molecule has 7 heteroatoms. The van der Waals surface area contributed by atoms with E-state index in [0.29, 0.717) is 16.6 Å². The van der Waals surface area contributed by atoms with E-state index < -0.39 is 11.8 Å². The third kappa shape index (κ3) is 3.82. The van der Waals surface area contributed by atoms with Crippen LogP contribution in [0.15, 0.2) is 42.0 Å². The zero-order valence-corrected chi connectivity index (χ0v) is 20.4. The third-order valence-electron chi connectivity index (χ3n) is 6.49. The van der Waals surface area contributed by atoms with Crippen LogP contribution in [0.2, 0.25) is 5.02 Å². The molecule has 1 atom stereocenters. The molecule has 5 nitrogen and oxygen atoms in total. The van der Waals surface area contributed by atoms with Crippen LogP contribution in [-0.2, 0) is 9.59 Å². The number of halogens is 1. The van der Waals surface area contributed by atoms with Crippen LogP contribution in [0.4, 0.5) is 11.4 Å². The van der Waals surface area contributed by atoms with Crippen LogP contribution in [0.5, 0.6) is 0 Å². The minimum absolute atomic E-state index is 0.0405. The van der Waals surface area contributed by atoms with E-state index in [9.17, 15) is 9.59 Å². The number of thiocarbonyl (C=S) groups is 1. The Morgan fingerprint density at radius 3 is 2.62 bits per heavy atom. The number of hydrogen-bond acceptors (Lipinski definition) is 4. The van der Waals surface area contributed by atoms with Gasteiger partial charge in [-0.25, -0.2) is 0 Å². The van der Waals surface area contributed by atoms with Crippen molar-refractivity contribution in [3.8, 4) is 0 Å². The Labute approximate surface area is 199 Å². The first-order valence-electron chi connectivity index (χ1n) is 10.5. The minimum Gasteiger partial charge on any atom is -0.369 e. The number of nitrogens with one attached hydrogen (secondary N) is 1. The topological polar surface area (TPSA) is 52.7 Å². The maximum absolute atomic E-state index is 13.3. The number of fused-ring (bicyclic) bond motifs is 1. The molecule has 166 valence electrons. The van der Waals surface area contributed by atoms with Crippen LogP contribution < -0.4 is 15.1 Å². The van der Waals surface area contributed by atoms with Gasteiger partial charge < -0.3 is 4.90 Å². The van der Waals surface area contributed by atoms with Crippen molar-refractivity contribution >= 4 is 58.2 Å². The molecule has 4 rings (SSSR count). The van der Waals surface area contributed by atoms with Crippen molar-refractivity contribution in [2.24, 2.45) is 0 Å². The lowest BCUT2D eigenvalue weighted by molar-refractivity contribution is -0.122. The van der Waals surface area contributed by atoms with Gasteiger partial charge in [0.1, 0.15) is 5.57 Å². The first kappa shape index (κ1) is 22.5. The summed E-state index contributed by atoms with van der Waals surface area (Å²) in [4.78, 5) is 29.7. The number of nitrogens with zero attached hydrogens (tertiary/aromatic N) is 2. The van der Waals surface area contributed by atoms with Crippen molar-refractivity contribution in [1.29, 1.82) is 0 Å². The highest BCUT2D eigenvalue weighted by Crippen LogP contribution is 2.43. The molecule has 0 radical (unpaired) electrons. The zero-order valence-electron chi connectivity index (χ0n) is 18.8. The largest absolute Gasteiger partial charge is 0.369 e. The summed E-state index contributed by atoms with van der Waals surface area (Å²) in [7, 11) is 2.12. The predicted molar refractivity (Wildman–Crippen MR) is 134 cm³/mol. The van der Waals surface area contributed by atoms with Crippen molar-refractivity contribution in [1.82, 2.24) is 5.32 Å². The average molecular weight is 468 g/mol. The Bertz CT molecular complexity index is 1190. The summed E-state index contributed by atoms with van der Waals surface area (Å²) in [5.41, 5.74) is 4.87. The van der Waals surface area contributed by atoms with Gasteiger partial charge in [-0.15, -0.1) is 0 Å². The van der Waals surface area contributed by atoms with Gasteiger partial charge in [0.15, 0.2) is 5.11 Å². The molecule has 2 amide bonds. The second-order valence-electron chi connectivity index (χ2n) is 9.18. The van der Waals surface area contributed by atoms with Gasteiger partial charge in [0.2, 0.25) is 0 Å². The summed E-state index contributed by atoms with van der Waals surface area (Å²) < 4.78 is 0. The van der Waals surface area contributed by atoms with Gasteiger partial charge in [-0.05, 0) is 98.4 Å². The Morgan fingerprint density at radius 1 is 1.22 bits per heavy atom. The highest BCUT2D eigenvalue weighted by atomic mass is 35.5. The molecule has 2 aromatic rings. The molecule has 0 bridgehead atoms. The standard InChI is InChI=1S/C25H26ClN3O2S/c1-14-9-21-19(15(2)13-25(3,4)28(21)5)10-16(14)11-20-22(30)27-24(32)29(23(20)31)18-8-6-7-17(26)12-18/h6-12,15H,13H2,1-5H3,(H,27,30,32)/b20-11-. The molecule has 1 saturated heterocycles. The quantitative estimate of drug-likeness (QED) is 0.374. The lowest BCUT2D eigenvalue weighted by atomic mass is 9.79. The van der Waals surface area contributed by atoms with Crippen LogP contribution in [-0.4, -0.2) is 29.5 Å². The lowest BCUT2D eigenvalue weighted by Crippen LogP contribution is -2.54. The van der Waals surface area contributed by atoms with Gasteiger partial charge in [0, 0.05) is 23.3 Å². The average Bonchev–Trinajstić information content (AvgIpc) is 2.69. The number of amides is 2. The first-order chi connectivity index (χ1) is 15.0. The summed E-state index contributed by atoms with van der Waals surface area (Å²) in [5, 5.41) is 3.15. The molecule has 0 aromatic heterocycles. The van der Waals surface area contributed by atoms with E-state index in [1.165, 1.54) is 16.2 Å². The maximum atomic E-state index is 13.3. The third-order valence-corrected chi connectivity index (χ3v) is 7.01. The summed E-state index contributed by atoms with van der Waals surface area (Å²) in [5.74, 6) is -0.605. The number of aryl methyl sites for hydroxylation is 1. The predicted octanol–water partition coefficient (Wildman–Crippen LogP) is 5.20. The van der Waals surface area contributed by atoms with Crippen LogP contribution in [0.1, 0.15) is 49.8 Å². The van der Waals surface area contributed by atoms with E-state index in [0.717, 1.165) is 17.5 Å². The molecule has 1 unspecified atom stereocenters. The minimum atomic E-state index is -0.498. The zero-order chi connectivity index (χ0) is 23.4. The summed E-state index contributed by atoms with van der Waals surface area (Å²) in [6, 6.07) is 11.1. The Hall–Kier alpha value is -2.70. The molecule has 32 heavy (non-hydrogen) atoms. The monoisotopic (exact) mass is 467 g/mol. The maximum Gasteiger partial charge on any atom is 0.270 e. The fraction of sp³-hybridized carbons (Fsp3) is 0.320. The molecular weight excluding hydrogens is 442 g/mol. The number of carbonyl (C=O) groups excluding carboxylic acids is 2. The molecule has 1 fully saturated rings. The van der Waals surface area contributed by atoms with Crippen molar-refractivity contribution in [3.05, 3.63) is 63.7 Å². The van der Waals surface area contributed by atoms with E-state index in [-0.39, 0.29) is 16.2 Å². The van der Waals surface area contributed by atoms with Crippen molar-refractivity contribution in [3.63, 3.8) is 0 Å². The molecule has 2 heterocycles. The van der Waals surface area contributed by atoms with Gasteiger partial charge >= 0.3 is 0 Å². The number of carbonyl (C=O) groups is 2. The van der Waals surface area contributed by atoms with E-state index in [2.05, 4.69) is 50.2 Å². The van der Waals surface area contributed by atoms with Crippen molar-refractivity contribution in [2.75, 3.05) is 16.8 Å². The fourth-order valence-corrected chi connectivity index (χ4v) is 5.02. The van der Waals surface area contributed by atoms with Gasteiger partial charge in [0.25, 0.3) is 11.8 Å². The molecule has 2 aromatic carbocycles. The highest BCUT2D eigenvalue weighted by Gasteiger charge is 2.36. The molecule has 2 aliphatic heterocycles. The molecule has 0 spiro atoms. The van der Waals surface area contributed by atoms with Crippen molar-refractivity contribution in [2.45, 2.75) is 45.6 Å². The summed E-state index contributed by atoms with van der Waals surface area (Å²) >= 11 is 11.4. The number of hydrogen-bond donors (Lipinski definition) is 1. The highest BCUT2D eigenvalue weighted by molar-refractivity contribution is 7.80. The fourth-order valence-electron chi connectivity index (χ4n) is 4.55. The molecule has 0 aliphatic carbocycles. The van der Waals surface area contributed by atoms with Gasteiger partial charge in [-0.3, -0.25) is 19.8 Å². The molecule has 2 aliphatic rings. The summed E-state index contributed by atoms with van der Waals surface area (Å²) in [6.45, 7) is 8.71. The number of rotatable bonds is 2. The normalized spacial score (nSPS) is 21.6. The number of anilines is 2. The Balaban J connectivity index is 1.78. The Morgan fingerprint density at radius 2 is 1.94 bits per heavy atom. The van der Waals surface area contributed by atoms with E-state index >= 15 is 0 Å². The Kier molecular flexibility index (Phi) is 5.63.